The summed E-state index contributed by atoms with van der Waals surface area (Å²) in [5.74, 6) is -0.549. The SMILES string of the molecule is CN(CC1CCCO1)c1noc(-c2ccc(Cl)cc2)c1C(=O)O. The van der Waals surface area contributed by atoms with Crippen LogP contribution in [0.4, 0.5) is 5.82 Å². The van der Waals surface area contributed by atoms with Crippen LogP contribution >= 0.6 is 11.6 Å². The van der Waals surface area contributed by atoms with E-state index in [2.05, 4.69) is 5.16 Å². The predicted octanol–water partition coefficient (Wildman–Crippen LogP) is 3.31. The Balaban J connectivity index is 1.91. The highest BCUT2D eigenvalue weighted by atomic mass is 35.5. The van der Waals surface area contributed by atoms with Gasteiger partial charge in [0.2, 0.25) is 0 Å². The summed E-state index contributed by atoms with van der Waals surface area (Å²) in [6.45, 7) is 1.33. The van der Waals surface area contributed by atoms with E-state index in [9.17, 15) is 9.90 Å². The van der Waals surface area contributed by atoms with Crippen LogP contribution in [0, 0.1) is 0 Å². The molecule has 2 aromatic rings. The minimum Gasteiger partial charge on any atom is -0.477 e. The maximum Gasteiger partial charge on any atom is 0.343 e. The molecule has 6 nitrogen and oxygen atoms in total. The number of likely N-dealkylation sites (N-methyl/N-ethyl adjacent to an activating group) is 1. The highest BCUT2D eigenvalue weighted by molar-refractivity contribution is 6.30. The summed E-state index contributed by atoms with van der Waals surface area (Å²) >= 11 is 5.87. The molecule has 0 radical (unpaired) electrons. The molecule has 1 saturated heterocycles. The van der Waals surface area contributed by atoms with Crippen molar-refractivity contribution >= 4 is 23.4 Å². The van der Waals surface area contributed by atoms with Gasteiger partial charge in [-0.1, -0.05) is 16.8 Å². The number of anilines is 1. The van der Waals surface area contributed by atoms with Crippen LogP contribution in [0.25, 0.3) is 11.3 Å². The van der Waals surface area contributed by atoms with Crippen molar-refractivity contribution in [2.24, 2.45) is 0 Å². The van der Waals surface area contributed by atoms with Gasteiger partial charge in [-0.15, -0.1) is 0 Å². The van der Waals surface area contributed by atoms with Crippen molar-refractivity contribution in [3.63, 3.8) is 0 Å². The Kier molecular flexibility index (Phi) is 4.54. The Labute approximate surface area is 138 Å². The van der Waals surface area contributed by atoms with E-state index >= 15 is 0 Å². The second kappa shape index (κ2) is 6.60. The first-order valence-electron chi connectivity index (χ1n) is 7.38. The quantitative estimate of drug-likeness (QED) is 0.902. The lowest BCUT2D eigenvalue weighted by Gasteiger charge is -2.20. The molecule has 0 bridgehead atoms. The number of carbonyl (C=O) groups is 1. The van der Waals surface area contributed by atoms with Gasteiger partial charge in [-0.05, 0) is 37.1 Å². The number of carboxylic acid groups (broad SMARTS) is 1. The maximum atomic E-state index is 11.7. The molecule has 23 heavy (non-hydrogen) atoms. The van der Waals surface area contributed by atoms with E-state index in [1.165, 1.54) is 0 Å². The van der Waals surface area contributed by atoms with Gasteiger partial charge in [-0.2, -0.15) is 0 Å². The third-order valence-electron chi connectivity index (χ3n) is 3.86. The highest BCUT2D eigenvalue weighted by Gasteiger charge is 2.28. The first kappa shape index (κ1) is 15.8. The summed E-state index contributed by atoms with van der Waals surface area (Å²) in [4.78, 5) is 13.5. The number of benzene rings is 1. The van der Waals surface area contributed by atoms with Crippen LogP contribution in [0.3, 0.4) is 0 Å². The molecule has 1 atom stereocenters. The summed E-state index contributed by atoms with van der Waals surface area (Å²) in [6, 6.07) is 6.78. The minimum absolute atomic E-state index is 0.0489. The maximum absolute atomic E-state index is 11.7. The fourth-order valence-electron chi connectivity index (χ4n) is 2.71. The van der Waals surface area contributed by atoms with Crippen molar-refractivity contribution in [2.75, 3.05) is 25.1 Å². The average Bonchev–Trinajstić information content (AvgIpc) is 3.16. The molecule has 122 valence electrons. The second-order valence-corrected chi connectivity index (χ2v) is 5.97. The number of hydrogen-bond acceptors (Lipinski definition) is 5. The molecule has 1 aromatic heterocycles. The number of aromatic nitrogens is 1. The number of halogens is 1. The lowest BCUT2D eigenvalue weighted by molar-refractivity contribution is 0.0697. The van der Waals surface area contributed by atoms with E-state index in [4.69, 9.17) is 20.9 Å². The third kappa shape index (κ3) is 3.33. The molecule has 2 heterocycles. The molecular formula is C16H17ClN2O4. The number of carboxylic acids is 1. The Morgan fingerprint density at radius 2 is 2.17 bits per heavy atom. The topological polar surface area (TPSA) is 75.8 Å². The summed E-state index contributed by atoms with van der Waals surface area (Å²) in [5.41, 5.74) is 0.670. The largest absolute Gasteiger partial charge is 0.477 e. The normalized spacial score (nSPS) is 17.4. The Hall–Kier alpha value is -2.05. The summed E-state index contributed by atoms with van der Waals surface area (Å²) < 4.78 is 10.9. The molecule has 1 aliphatic rings. The smallest absolute Gasteiger partial charge is 0.343 e. The monoisotopic (exact) mass is 336 g/mol. The van der Waals surface area contributed by atoms with E-state index in [0.717, 1.165) is 19.4 Å². The van der Waals surface area contributed by atoms with Gasteiger partial charge < -0.3 is 19.3 Å². The lowest BCUT2D eigenvalue weighted by Crippen LogP contribution is -2.29. The minimum atomic E-state index is -1.08. The Morgan fingerprint density at radius 1 is 1.43 bits per heavy atom. The van der Waals surface area contributed by atoms with Crippen LogP contribution < -0.4 is 4.90 Å². The van der Waals surface area contributed by atoms with Gasteiger partial charge >= 0.3 is 5.97 Å². The number of rotatable bonds is 5. The van der Waals surface area contributed by atoms with E-state index in [0.29, 0.717) is 22.9 Å². The van der Waals surface area contributed by atoms with Gasteiger partial charge in [0.05, 0.1) is 6.10 Å². The molecule has 1 fully saturated rings. The molecule has 0 amide bonds. The molecular weight excluding hydrogens is 320 g/mol. The van der Waals surface area contributed by atoms with Crippen LogP contribution in [-0.2, 0) is 4.74 Å². The number of hydrogen-bond donors (Lipinski definition) is 1. The predicted molar refractivity (Wildman–Crippen MR) is 86.2 cm³/mol. The molecule has 1 N–H and O–H groups in total. The van der Waals surface area contributed by atoms with E-state index < -0.39 is 5.97 Å². The van der Waals surface area contributed by atoms with Crippen LogP contribution in [0.2, 0.25) is 5.02 Å². The van der Waals surface area contributed by atoms with E-state index in [1.54, 1.807) is 36.2 Å². The van der Waals surface area contributed by atoms with Crippen molar-refractivity contribution in [1.29, 1.82) is 0 Å². The van der Waals surface area contributed by atoms with Crippen molar-refractivity contribution in [3.8, 4) is 11.3 Å². The summed E-state index contributed by atoms with van der Waals surface area (Å²) in [7, 11) is 1.79. The van der Waals surface area contributed by atoms with Crippen molar-refractivity contribution in [3.05, 3.63) is 34.9 Å². The summed E-state index contributed by atoms with van der Waals surface area (Å²) in [6.07, 6.45) is 2.09. The van der Waals surface area contributed by atoms with Gasteiger partial charge in [0.25, 0.3) is 0 Å². The standard InChI is InChI=1S/C16H17ClN2O4/c1-19(9-12-3-2-8-22-12)15-13(16(20)21)14(23-18-15)10-4-6-11(17)7-5-10/h4-7,12H,2-3,8-9H2,1H3,(H,20,21). The molecule has 0 saturated carbocycles. The second-order valence-electron chi connectivity index (χ2n) is 5.54. The zero-order chi connectivity index (χ0) is 16.4. The molecule has 3 rings (SSSR count). The molecule has 0 spiro atoms. The Morgan fingerprint density at radius 3 is 2.78 bits per heavy atom. The number of aromatic carboxylic acids is 1. The van der Waals surface area contributed by atoms with Gasteiger partial charge in [0, 0.05) is 30.8 Å². The van der Waals surface area contributed by atoms with Crippen LogP contribution in [0.1, 0.15) is 23.2 Å². The summed E-state index contributed by atoms with van der Waals surface area (Å²) in [5, 5.41) is 14.1. The third-order valence-corrected chi connectivity index (χ3v) is 4.11. The lowest BCUT2D eigenvalue weighted by atomic mass is 10.1. The van der Waals surface area contributed by atoms with E-state index in [1.807, 2.05) is 0 Å². The van der Waals surface area contributed by atoms with Crippen molar-refractivity contribution in [1.82, 2.24) is 5.16 Å². The zero-order valence-corrected chi connectivity index (χ0v) is 13.4. The van der Waals surface area contributed by atoms with Crippen LogP contribution in [-0.4, -0.2) is 42.5 Å². The fraction of sp³-hybridized carbons (Fsp3) is 0.375. The molecule has 0 aliphatic carbocycles. The first-order valence-corrected chi connectivity index (χ1v) is 7.75. The van der Waals surface area contributed by atoms with Crippen LogP contribution in [0.15, 0.2) is 28.8 Å². The van der Waals surface area contributed by atoms with Gasteiger partial charge in [0.15, 0.2) is 17.1 Å². The van der Waals surface area contributed by atoms with Gasteiger partial charge in [-0.25, -0.2) is 4.79 Å². The average molecular weight is 337 g/mol. The van der Waals surface area contributed by atoms with E-state index in [-0.39, 0.29) is 17.4 Å². The fourth-order valence-corrected chi connectivity index (χ4v) is 2.84. The number of nitrogens with zero attached hydrogens (tertiary/aromatic N) is 2. The van der Waals surface area contributed by atoms with Gasteiger partial charge in [-0.3, -0.25) is 0 Å². The molecule has 7 heteroatoms. The molecule has 1 unspecified atom stereocenters. The molecule has 1 aliphatic heterocycles. The molecule has 1 aromatic carbocycles. The van der Waals surface area contributed by atoms with Crippen molar-refractivity contribution < 1.29 is 19.2 Å². The Bertz CT molecular complexity index is 693. The first-order chi connectivity index (χ1) is 11.1. The van der Waals surface area contributed by atoms with Crippen molar-refractivity contribution in [2.45, 2.75) is 18.9 Å². The van der Waals surface area contributed by atoms with Gasteiger partial charge in [0.1, 0.15) is 0 Å². The van der Waals surface area contributed by atoms with Crippen LogP contribution in [0.5, 0.6) is 0 Å². The number of ether oxygens (including phenoxy) is 1. The highest BCUT2D eigenvalue weighted by Crippen LogP contribution is 2.32. The zero-order valence-electron chi connectivity index (χ0n) is 12.7.